The maximum atomic E-state index is 12.2. The molecule has 0 saturated heterocycles. The Morgan fingerprint density at radius 2 is 1.81 bits per heavy atom. The molecule has 0 aliphatic rings. The van der Waals surface area contributed by atoms with Crippen molar-refractivity contribution in [3.63, 3.8) is 0 Å². The summed E-state index contributed by atoms with van der Waals surface area (Å²) in [5, 5.41) is 9.58. The van der Waals surface area contributed by atoms with Gasteiger partial charge in [0.05, 0.1) is 17.6 Å². The highest BCUT2D eigenvalue weighted by molar-refractivity contribution is 7.91. The van der Waals surface area contributed by atoms with Crippen molar-refractivity contribution in [1.29, 1.82) is 0 Å². The number of benzene rings is 1. The van der Waals surface area contributed by atoms with E-state index in [0.29, 0.717) is 0 Å². The third-order valence-corrected chi connectivity index (χ3v) is 5.08. The van der Waals surface area contributed by atoms with Gasteiger partial charge in [-0.2, -0.15) is 0 Å². The van der Waals surface area contributed by atoms with Gasteiger partial charge < -0.3 is 9.84 Å². The Labute approximate surface area is 124 Å². The quantitative estimate of drug-likeness (QED) is 0.764. The maximum Gasteiger partial charge on any atom is 0.244 e. The average Bonchev–Trinajstić information content (AvgIpc) is 2.34. The largest absolute Gasteiger partial charge is 0.495 e. The Hall–Kier alpha value is -1.16. The Morgan fingerprint density at radius 3 is 2.24 bits per heavy atom. The molecule has 120 valence electrons. The molecule has 7 nitrogen and oxygen atoms in total. The molecule has 2 N–H and O–H groups in total. The van der Waals surface area contributed by atoms with Gasteiger partial charge in [0, 0.05) is 12.8 Å². The number of sulfonamides is 1. The monoisotopic (exact) mass is 337 g/mol. The van der Waals surface area contributed by atoms with E-state index in [0.717, 1.165) is 12.3 Å². The van der Waals surface area contributed by atoms with E-state index in [1.54, 1.807) is 0 Å². The van der Waals surface area contributed by atoms with E-state index < -0.39 is 25.5 Å². The summed E-state index contributed by atoms with van der Waals surface area (Å²) < 4.78 is 54.7. The molecule has 0 aliphatic carbocycles. The molecule has 0 bridgehead atoms. The van der Waals surface area contributed by atoms with Crippen LogP contribution in [0.2, 0.25) is 0 Å². The van der Waals surface area contributed by atoms with Crippen LogP contribution in [0, 0.1) is 0 Å². The Kier molecular flexibility index (Phi) is 5.04. The highest BCUT2D eigenvalue weighted by Crippen LogP contribution is 2.26. The summed E-state index contributed by atoms with van der Waals surface area (Å²) in [4.78, 5) is -0.427. The van der Waals surface area contributed by atoms with Gasteiger partial charge in [-0.25, -0.2) is 21.6 Å². The topological polar surface area (TPSA) is 110 Å². The number of aliphatic hydroxyl groups is 1. The standard InChI is InChI=1S/C12H19NO6S2/c1-12(2,14)8-13-21(17,18)11-7-9(20(4,15)16)5-6-10(11)19-3/h5-7,13-14H,8H2,1-4H3. The molecule has 1 aromatic rings. The molecule has 1 rings (SSSR count). The van der Waals surface area contributed by atoms with E-state index in [2.05, 4.69) is 4.72 Å². The van der Waals surface area contributed by atoms with Gasteiger partial charge in [0.15, 0.2) is 9.84 Å². The van der Waals surface area contributed by atoms with Crippen LogP contribution in [-0.2, 0) is 19.9 Å². The summed E-state index contributed by atoms with van der Waals surface area (Å²) in [5.74, 6) is 0.0191. The van der Waals surface area contributed by atoms with Crippen LogP contribution in [0.4, 0.5) is 0 Å². The minimum atomic E-state index is -4.02. The summed E-state index contributed by atoms with van der Waals surface area (Å²) >= 11 is 0. The van der Waals surface area contributed by atoms with Gasteiger partial charge in [0.25, 0.3) is 0 Å². The molecule has 0 atom stereocenters. The first kappa shape index (κ1) is 17.9. The normalized spacial score (nSPS) is 13.2. The fraction of sp³-hybridized carbons (Fsp3) is 0.500. The zero-order valence-electron chi connectivity index (χ0n) is 12.2. The lowest BCUT2D eigenvalue weighted by Crippen LogP contribution is -2.38. The lowest BCUT2D eigenvalue weighted by atomic mass is 10.1. The third kappa shape index (κ3) is 4.95. The molecule has 0 unspecified atom stereocenters. The van der Waals surface area contributed by atoms with Crippen molar-refractivity contribution in [1.82, 2.24) is 4.72 Å². The summed E-state index contributed by atoms with van der Waals surface area (Å²) in [6.07, 6.45) is 0.982. The SMILES string of the molecule is COc1ccc(S(C)(=O)=O)cc1S(=O)(=O)NCC(C)(C)O. The van der Waals surface area contributed by atoms with Crippen LogP contribution in [-0.4, -0.2) is 47.5 Å². The smallest absolute Gasteiger partial charge is 0.244 e. The molecule has 0 spiro atoms. The van der Waals surface area contributed by atoms with E-state index in [1.807, 2.05) is 0 Å². The van der Waals surface area contributed by atoms with Gasteiger partial charge in [-0.3, -0.25) is 0 Å². The zero-order valence-corrected chi connectivity index (χ0v) is 13.9. The number of hydrogen-bond acceptors (Lipinski definition) is 6. The lowest BCUT2D eigenvalue weighted by molar-refractivity contribution is 0.0857. The number of ether oxygens (including phenoxy) is 1. The Bertz CT molecular complexity index is 717. The van der Waals surface area contributed by atoms with Crippen LogP contribution in [0.25, 0.3) is 0 Å². The van der Waals surface area contributed by atoms with Crippen LogP contribution < -0.4 is 9.46 Å². The molecule has 0 fully saturated rings. The zero-order chi connectivity index (χ0) is 16.5. The second-order valence-corrected chi connectivity index (χ2v) is 8.97. The van der Waals surface area contributed by atoms with Crippen molar-refractivity contribution in [2.24, 2.45) is 0 Å². The van der Waals surface area contributed by atoms with Crippen molar-refractivity contribution < 1.29 is 26.7 Å². The van der Waals surface area contributed by atoms with Crippen molar-refractivity contribution in [2.75, 3.05) is 19.9 Å². The molecule has 0 radical (unpaired) electrons. The first-order valence-corrected chi connectivity index (χ1v) is 9.34. The van der Waals surface area contributed by atoms with Crippen LogP contribution >= 0.6 is 0 Å². The number of rotatable bonds is 6. The molecule has 1 aromatic carbocycles. The molecule has 0 heterocycles. The predicted octanol–water partition coefficient (Wildman–Crippen LogP) is 0.148. The second-order valence-electron chi connectivity index (χ2n) is 5.22. The lowest BCUT2D eigenvalue weighted by Gasteiger charge is -2.18. The van der Waals surface area contributed by atoms with E-state index in [4.69, 9.17) is 4.74 Å². The van der Waals surface area contributed by atoms with Gasteiger partial charge in [0.2, 0.25) is 10.0 Å². The molecular formula is C12H19NO6S2. The molecule has 0 saturated carbocycles. The first-order valence-electron chi connectivity index (χ1n) is 5.97. The van der Waals surface area contributed by atoms with Gasteiger partial charge >= 0.3 is 0 Å². The van der Waals surface area contributed by atoms with E-state index in [9.17, 15) is 21.9 Å². The van der Waals surface area contributed by atoms with Gasteiger partial charge in [-0.1, -0.05) is 0 Å². The minimum Gasteiger partial charge on any atom is -0.495 e. The van der Waals surface area contributed by atoms with E-state index in [-0.39, 0.29) is 22.1 Å². The maximum absolute atomic E-state index is 12.2. The fourth-order valence-corrected chi connectivity index (χ4v) is 3.57. The molecule has 0 amide bonds. The van der Waals surface area contributed by atoms with Gasteiger partial charge in [0.1, 0.15) is 10.6 Å². The van der Waals surface area contributed by atoms with Gasteiger partial charge in [-0.15, -0.1) is 0 Å². The van der Waals surface area contributed by atoms with E-state index >= 15 is 0 Å². The third-order valence-electron chi connectivity index (χ3n) is 2.55. The second kappa shape index (κ2) is 5.91. The number of methoxy groups -OCH3 is 1. The Balaban J connectivity index is 3.33. The minimum absolute atomic E-state index is 0.0191. The van der Waals surface area contributed by atoms with Crippen LogP contribution in [0.3, 0.4) is 0 Å². The van der Waals surface area contributed by atoms with Crippen LogP contribution in [0.1, 0.15) is 13.8 Å². The summed E-state index contributed by atoms with van der Waals surface area (Å²) in [6, 6.07) is 3.57. The Morgan fingerprint density at radius 1 is 1.24 bits per heavy atom. The van der Waals surface area contributed by atoms with Crippen molar-refractivity contribution >= 4 is 19.9 Å². The molecule has 21 heavy (non-hydrogen) atoms. The van der Waals surface area contributed by atoms with E-state index in [1.165, 1.54) is 33.1 Å². The summed E-state index contributed by atoms with van der Waals surface area (Å²) in [5.41, 5.74) is -1.24. The molecular weight excluding hydrogens is 318 g/mol. The number of sulfone groups is 1. The highest BCUT2D eigenvalue weighted by atomic mass is 32.2. The molecule has 0 aromatic heterocycles. The van der Waals surface area contributed by atoms with Crippen molar-refractivity contribution in [2.45, 2.75) is 29.2 Å². The van der Waals surface area contributed by atoms with Crippen molar-refractivity contribution in [3.05, 3.63) is 18.2 Å². The molecule has 0 aliphatic heterocycles. The molecule has 9 heteroatoms. The highest BCUT2D eigenvalue weighted by Gasteiger charge is 2.24. The van der Waals surface area contributed by atoms with Crippen LogP contribution in [0.15, 0.2) is 28.0 Å². The number of hydrogen-bond donors (Lipinski definition) is 2. The number of nitrogens with one attached hydrogen (secondary N) is 1. The predicted molar refractivity (Wildman–Crippen MR) is 77.6 cm³/mol. The fourth-order valence-electron chi connectivity index (χ4n) is 1.45. The van der Waals surface area contributed by atoms with Gasteiger partial charge in [-0.05, 0) is 32.0 Å². The summed E-state index contributed by atoms with van der Waals surface area (Å²) in [7, 11) is -6.29. The van der Waals surface area contributed by atoms with Crippen LogP contribution in [0.5, 0.6) is 5.75 Å². The van der Waals surface area contributed by atoms with Crippen molar-refractivity contribution in [3.8, 4) is 5.75 Å². The summed E-state index contributed by atoms with van der Waals surface area (Å²) in [6.45, 7) is 2.67. The first-order chi connectivity index (χ1) is 9.37. The average molecular weight is 337 g/mol.